The van der Waals surface area contributed by atoms with Gasteiger partial charge in [0.2, 0.25) is 5.91 Å². The van der Waals surface area contributed by atoms with Gasteiger partial charge in [0.1, 0.15) is 0 Å². The van der Waals surface area contributed by atoms with Crippen molar-refractivity contribution in [2.75, 3.05) is 46.9 Å². The lowest BCUT2D eigenvalue weighted by molar-refractivity contribution is -0.121. The lowest BCUT2D eigenvalue weighted by atomic mass is 9.93. The molecule has 6 nitrogen and oxygen atoms in total. The van der Waals surface area contributed by atoms with Gasteiger partial charge < -0.3 is 20.3 Å². The highest BCUT2D eigenvalue weighted by molar-refractivity contribution is 14.0. The zero-order chi connectivity index (χ0) is 16.5. The van der Waals surface area contributed by atoms with Crippen LogP contribution in [0.1, 0.15) is 32.1 Å². The second-order valence-electron chi connectivity index (χ2n) is 6.22. The van der Waals surface area contributed by atoms with E-state index in [0.29, 0.717) is 12.3 Å². The molecule has 2 aliphatic rings. The third-order valence-corrected chi connectivity index (χ3v) is 4.67. The van der Waals surface area contributed by atoms with Crippen molar-refractivity contribution in [1.29, 1.82) is 0 Å². The number of ether oxygens (including phenoxy) is 1. The van der Waals surface area contributed by atoms with Crippen LogP contribution in [-0.4, -0.2) is 63.7 Å². The monoisotopic (exact) mass is 450 g/mol. The number of aliphatic imine (C=N–C) groups is 1. The lowest BCUT2D eigenvalue weighted by Crippen LogP contribution is -2.46. The molecule has 0 aromatic rings. The predicted molar refractivity (Wildman–Crippen MR) is 108 cm³/mol. The lowest BCUT2D eigenvalue weighted by Gasteiger charge is -2.34. The number of nitrogens with one attached hydrogen (secondary N) is 2. The second-order valence-corrected chi connectivity index (χ2v) is 6.22. The Morgan fingerprint density at radius 1 is 1.42 bits per heavy atom. The molecule has 1 fully saturated rings. The number of piperidine rings is 1. The van der Waals surface area contributed by atoms with Crippen LogP contribution in [0, 0.1) is 5.92 Å². The number of guanidine groups is 1. The van der Waals surface area contributed by atoms with E-state index in [9.17, 15) is 4.79 Å². The number of hydrogen-bond donors (Lipinski definition) is 2. The van der Waals surface area contributed by atoms with Crippen molar-refractivity contribution in [3.05, 3.63) is 11.6 Å². The molecular weight excluding hydrogens is 419 g/mol. The van der Waals surface area contributed by atoms with Crippen molar-refractivity contribution < 1.29 is 9.53 Å². The Balaban J connectivity index is 0.00000288. The summed E-state index contributed by atoms with van der Waals surface area (Å²) in [6.07, 6.45) is 7.04. The van der Waals surface area contributed by atoms with Crippen LogP contribution in [0.15, 0.2) is 16.6 Å². The number of nitrogens with zero attached hydrogens (tertiary/aromatic N) is 2. The molecule has 0 atom stereocenters. The highest BCUT2D eigenvalue weighted by atomic mass is 127. The van der Waals surface area contributed by atoms with Crippen LogP contribution < -0.4 is 10.6 Å². The molecule has 0 aromatic carbocycles. The molecule has 0 aliphatic carbocycles. The minimum absolute atomic E-state index is 0. The van der Waals surface area contributed by atoms with E-state index in [-0.39, 0.29) is 29.9 Å². The number of halogens is 1. The van der Waals surface area contributed by atoms with Crippen LogP contribution in [0.4, 0.5) is 0 Å². The molecule has 2 N–H and O–H groups in total. The first-order valence-electron chi connectivity index (χ1n) is 8.64. The summed E-state index contributed by atoms with van der Waals surface area (Å²) in [5, 5.41) is 6.18. The maximum absolute atomic E-state index is 11.5. The van der Waals surface area contributed by atoms with Crippen LogP contribution in [0.2, 0.25) is 0 Å². The second kappa shape index (κ2) is 11.7. The van der Waals surface area contributed by atoms with Crippen molar-refractivity contribution in [1.82, 2.24) is 15.5 Å². The summed E-state index contributed by atoms with van der Waals surface area (Å²) < 4.78 is 5.33. The smallest absolute Gasteiger partial charge is 0.220 e. The Bertz CT molecular complexity index is 446. The SMILES string of the molecule is CN=C(NCCC1=CCOCC1)N1CCC(CC(=O)NC)CC1.I. The molecular formula is C17H31IN4O2. The quantitative estimate of drug-likeness (QED) is 0.290. The van der Waals surface area contributed by atoms with Crippen LogP contribution in [0.3, 0.4) is 0 Å². The predicted octanol–water partition coefficient (Wildman–Crippen LogP) is 1.76. The van der Waals surface area contributed by atoms with E-state index in [1.807, 2.05) is 7.05 Å². The summed E-state index contributed by atoms with van der Waals surface area (Å²) in [6, 6.07) is 0. The molecule has 0 unspecified atom stereocenters. The summed E-state index contributed by atoms with van der Waals surface area (Å²) in [7, 11) is 3.55. The fourth-order valence-corrected chi connectivity index (χ4v) is 3.17. The zero-order valence-electron chi connectivity index (χ0n) is 14.8. The first kappa shape index (κ1) is 21.2. The average Bonchev–Trinajstić information content (AvgIpc) is 2.60. The first-order valence-corrected chi connectivity index (χ1v) is 8.64. The summed E-state index contributed by atoms with van der Waals surface area (Å²) in [4.78, 5) is 18.2. The van der Waals surface area contributed by atoms with Crippen LogP contribution in [0.25, 0.3) is 0 Å². The van der Waals surface area contributed by atoms with Crippen molar-refractivity contribution in [3.8, 4) is 0 Å². The standard InChI is InChI=1S/C17H30N4O2.HI/c1-18-16(22)13-15-4-9-21(10-5-15)17(19-2)20-8-3-14-6-11-23-12-7-14;/h6,15H,3-5,7-13H2,1-2H3,(H,18,22)(H,19,20);1H. The van der Waals surface area contributed by atoms with Gasteiger partial charge in [0.05, 0.1) is 13.2 Å². The molecule has 1 amide bonds. The molecule has 2 rings (SSSR count). The summed E-state index contributed by atoms with van der Waals surface area (Å²) in [5.41, 5.74) is 1.48. The van der Waals surface area contributed by atoms with Gasteiger partial charge in [-0.25, -0.2) is 0 Å². The number of carbonyl (C=O) groups is 1. The van der Waals surface area contributed by atoms with Crippen molar-refractivity contribution in [2.24, 2.45) is 10.9 Å². The highest BCUT2D eigenvalue weighted by Gasteiger charge is 2.22. The molecule has 1 saturated heterocycles. The number of rotatable bonds is 5. The first-order chi connectivity index (χ1) is 11.2. The van der Waals surface area contributed by atoms with E-state index in [2.05, 4.69) is 26.6 Å². The van der Waals surface area contributed by atoms with Crippen LogP contribution in [-0.2, 0) is 9.53 Å². The number of hydrogen-bond acceptors (Lipinski definition) is 3. The Kier molecular flexibility index (Phi) is 10.3. The maximum Gasteiger partial charge on any atom is 0.220 e. The summed E-state index contributed by atoms with van der Waals surface area (Å²) >= 11 is 0. The van der Waals surface area contributed by atoms with E-state index >= 15 is 0 Å². The molecule has 0 radical (unpaired) electrons. The normalized spacial score (nSPS) is 19.3. The molecule has 0 saturated carbocycles. The topological polar surface area (TPSA) is 66.0 Å². The van der Waals surface area contributed by atoms with E-state index in [1.165, 1.54) is 5.57 Å². The van der Waals surface area contributed by atoms with Gasteiger partial charge in [-0.05, 0) is 31.6 Å². The van der Waals surface area contributed by atoms with E-state index in [0.717, 1.165) is 64.5 Å². The minimum atomic E-state index is 0. The van der Waals surface area contributed by atoms with Crippen molar-refractivity contribution in [2.45, 2.75) is 32.1 Å². The molecule has 0 bridgehead atoms. The minimum Gasteiger partial charge on any atom is -0.377 e. The van der Waals surface area contributed by atoms with Gasteiger partial charge in [-0.1, -0.05) is 11.6 Å². The zero-order valence-corrected chi connectivity index (χ0v) is 17.2. The summed E-state index contributed by atoms with van der Waals surface area (Å²) in [6.45, 7) is 4.45. The average molecular weight is 450 g/mol. The van der Waals surface area contributed by atoms with Gasteiger partial charge in [-0.2, -0.15) is 0 Å². The molecule has 0 spiro atoms. The van der Waals surface area contributed by atoms with Gasteiger partial charge in [0.25, 0.3) is 0 Å². The maximum atomic E-state index is 11.5. The fourth-order valence-electron chi connectivity index (χ4n) is 3.17. The fraction of sp³-hybridized carbons (Fsp3) is 0.765. The summed E-state index contributed by atoms with van der Waals surface area (Å²) in [5.74, 6) is 1.63. The van der Waals surface area contributed by atoms with Gasteiger partial charge in [0, 0.05) is 40.2 Å². The third kappa shape index (κ3) is 6.96. The highest BCUT2D eigenvalue weighted by Crippen LogP contribution is 2.20. The largest absolute Gasteiger partial charge is 0.377 e. The third-order valence-electron chi connectivity index (χ3n) is 4.67. The van der Waals surface area contributed by atoms with Gasteiger partial charge in [-0.3, -0.25) is 9.79 Å². The van der Waals surface area contributed by atoms with Gasteiger partial charge in [0.15, 0.2) is 5.96 Å². The van der Waals surface area contributed by atoms with Crippen molar-refractivity contribution >= 4 is 35.8 Å². The van der Waals surface area contributed by atoms with E-state index < -0.39 is 0 Å². The van der Waals surface area contributed by atoms with Gasteiger partial charge >= 0.3 is 0 Å². The van der Waals surface area contributed by atoms with Gasteiger partial charge in [-0.15, -0.1) is 24.0 Å². The molecule has 2 heterocycles. The van der Waals surface area contributed by atoms with Crippen LogP contribution in [0.5, 0.6) is 0 Å². The Morgan fingerprint density at radius 3 is 2.75 bits per heavy atom. The number of likely N-dealkylation sites (tertiary alicyclic amines) is 1. The molecule has 2 aliphatic heterocycles. The molecule has 0 aromatic heterocycles. The van der Waals surface area contributed by atoms with Crippen LogP contribution >= 0.6 is 24.0 Å². The number of carbonyl (C=O) groups excluding carboxylic acids is 1. The Labute approximate surface area is 162 Å². The molecule has 7 heteroatoms. The molecule has 24 heavy (non-hydrogen) atoms. The Morgan fingerprint density at radius 2 is 2.17 bits per heavy atom. The Hall–Kier alpha value is -0.830. The van der Waals surface area contributed by atoms with E-state index in [4.69, 9.17) is 4.74 Å². The van der Waals surface area contributed by atoms with E-state index in [1.54, 1.807) is 7.05 Å². The molecule has 138 valence electrons. The van der Waals surface area contributed by atoms with Crippen molar-refractivity contribution in [3.63, 3.8) is 0 Å². The number of amides is 1.